The van der Waals surface area contributed by atoms with Gasteiger partial charge in [0.2, 0.25) is 0 Å². The fourth-order valence-electron chi connectivity index (χ4n) is 4.61. The van der Waals surface area contributed by atoms with E-state index in [1.165, 1.54) is 109 Å². The number of hydrogen-bond donors (Lipinski definition) is 3. The zero-order valence-corrected chi connectivity index (χ0v) is 21.8. The molecule has 0 aromatic rings. The molecule has 4 nitrogen and oxygen atoms in total. The summed E-state index contributed by atoms with van der Waals surface area (Å²) in [5, 5.41) is 0. The molecule has 0 spiro atoms. The highest BCUT2D eigenvalue weighted by Crippen LogP contribution is 2.16. The first-order valence-corrected chi connectivity index (χ1v) is 15.5. The Bertz CT molecular complexity index is 357. The molecule has 0 aromatic heterocycles. The first kappa shape index (κ1) is 30.1. The Morgan fingerprint density at radius 3 is 1.13 bits per heavy atom. The summed E-state index contributed by atoms with van der Waals surface area (Å²) in [5.74, 6) is 0. The smallest absolute Gasteiger partial charge is 0.390 e. The fourth-order valence-corrected chi connectivity index (χ4v) is 5.25. The average molecular weight is 447 g/mol. The maximum Gasteiger partial charge on any atom is 0.492 e. The van der Waals surface area contributed by atoms with Crippen LogP contribution in [0.25, 0.3) is 0 Å². The number of nitrogens with zero attached hydrogens (tertiary/aromatic N) is 1. The van der Waals surface area contributed by atoms with Crippen molar-refractivity contribution in [3.05, 3.63) is 0 Å². The monoisotopic (exact) mass is 446 g/mol. The molecule has 0 bridgehead atoms. The molecule has 0 rings (SSSR count). The van der Waals surface area contributed by atoms with E-state index in [0.29, 0.717) is 6.42 Å². The quantitative estimate of drug-likeness (QED) is 0.0965. The normalized spacial score (nSPS) is 12.6. The van der Waals surface area contributed by atoms with E-state index in [2.05, 4.69) is 20.8 Å². The molecule has 0 aromatic carbocycles. The molecule has 0 atom stereocenters. The van der Waals surface area contributed by atoms with Crippen molar-refractivity contribution in [1.82, 2.24) is 0 Å². The van der Waals surface area contributed by atoms with Crippen LogP contribution in [0, 0.1) is 0 Å². The molecule has 0 radical (unpaired) electrons. The van der Waals surface area contributed by atoms with Gasteiger partial charge in [0.15, 0.2) is 0 Å². The number of rotatable bonds is 23. The first-order valence-electron chi connectivity index (χ1n) is 13.4. The van der Waals surface area contributed by atoms with Crippen LogP contribution in [-0.4, -0.2) is 53.9 Å². The molecule has 0 saturated heterocycles. The van der Waals surface area contributed by atoms with E-state index in [-0.39, 0.29) is 6.04 Å². The van der Waals surface area contributed by atoms with Gasteiger partial charge in [0.25, 0.3) is 0 Å². The lowest BCUT2D eigenvalue weighted by molar-refractivity contribution is -0.925. The molecule has 0 amide bonds. The van der Waals surface area contributed by atoms with Gasteiger partial charge in [0, 0.05) is 12.5 Å². The van der Waals surface area contributed by atoms with Crippen molar-refractivity contribution in [3.63, 3.8) is 0 Å². The summed E-state index contributed by atoms with van der Waals surface area (Å²) in [4.78, 5) is 27.7. The van der Waals surface area contributed by atoms with Crippen LogP contribution in [0.2, 0.25) is 6.04 Å². The van der Waals surface area contributed by atoms with Gasteiger partial charge in [-0.1, -0.05) is 96.8 Å². The van der Waals surface area contributed by atoms with Gasteiger partial charge in [-0.05, 0) is 26.7 Å². The first-order chi connectivity index (χ1) is 14.4. The van der Waals surface area contributed by atoms with Crippen molar-refractivity contribution in [2.24, 2.45) is 0 Å². The van der Waals surface area contributed by atoms with Gasteiger partial charge in [-0.3, -0.25) is 0 Å². The highest BCUT2D eigenvalue weighted by Gasteiger charge is 2.29. The number of unbranched alkanes of at least 4 members (excludes halogenated alkanes) is 15. The van der Waals surface area contributed by atoms with E-state index >= 15 is 0 Å². The topological polar surface area (TPSA) is 60.7 Å². The van der Waals surface area contributed by atoms with Crippen molar-refractivity contribution in [3.8, 4) is 0 Å². The van der Waals surface area contributed by atoms with E-state index in [1.54, 1.807) is 0 Å². The van der Waals surface area contributed by atoms with Crippen LogP contribution in [-0.2, 0) is 0 Å². The summed E-state index contributed by atoms with van der Waals surface area (Å²) in [6.45, 7) is 11.1. The SMILES string of the molecule is CCCCCCCCCCCCCCCCCC[N+](CC)(CC)CCC[Si](O)(O)O. The zero-order chi connectivity index (χ0) is 22.6. The second-order valence-electron chi connectivity index (χ2n) is 9.60. The maximum absolute atomic E-state index is 9.23. The molecule has 3 N–H and O–H groups in total. The van der Waals surface area contributed by atoms with E-state index in [1.807, 2.05) is 0 Å². The Labute approximate surface area is 190 Å². The zero-order valence-electron chi connectivity index (χ0n) is 20.8. The standard InChI is InChI=1S/C25H56NO3Si/c1-4-7-8-9-10-11-12-13-14-15-16-17-18-19-20-21-23-26(5-2,6-3)24-22-25-30(27,28)29/h27-29H,4-25H2,1-3H3/q+1. The molecule has 30 heavy (non-hydrogen) atoms. The summed E-state index contributed by atoms with van der Waals surface area (Å²) in [6, 6.07) is 0.173. The van der Waals surface area contributed by atoms with E-state index in [0.717, 1.165) is 24.1 Å². The van der Waals surface area contributed by atoms with Gasteiger partial charge in [0.05, 0.1) is 26.2 Å². The summed E-state index contributed by atoms with van der Waals surface area (Å²) in [7, 11) is -3.87. The molecule has 0 saturated carbocycles. The molecule has 5 heteroatoms. The van der Waals surface area contributed by atoms with Crippen LogP contribution < -0.4 is 0 Å². The largest absolute Gasteiger partial charge is 0.492 e. The number of quaternary nitrogens is 1. The predicted octanol–water partition coefficient (Wildman–Crippen LogP) is 6.41. The Kier molecular flexibility index (Phi) is 19.8. The van der Waals surface area contributed by atoms with Gasteiger partial charge in [0.1, 0.15) is 0 Å². The summed E-state index contributed by atoms with van der Waals surface area (Å²) in [5.41, 5.74) is 0. The van der Waals surface area contributed by atoms with Crippen molar-refractivity contribution in [1.29, 1.82) is 0 Å². The summed E-state index contributed by atoms with van der Waals surface area (Å²) in [6.07, 6.45) is 23.1. The maximum atomic E-state index is 9.23. The molecule has 0 aliphatic heterocycles. The van der Waals surface area contributed by atoms with Gasteiger partial charge in [-0.25, -0.2) is 0 Å². The van der Waals surface area contributed by atoms with Gasteiger partial charge in [-0.2, -0.15) is 0 Å². The average Bonchev–Trinajstić information content (AvgIpc) is 2.71. The van der Waals surface area contributed by atoms with Crippen LogP contribution in [0.3, 0.4) is 0 Å². The van der Waals surface area contributed by atoms with E-state index in [4.69, 9.17) is 0 Å². The van der Waals surface area contributed by atoms with Gasteiger partial charge < -0.3 is 18.9 Å². The Morgan fingerprint density at radius 1 is 0.467 bits per heavy atom. The van der Waals surface area contributed by atoms with Crippen molar-refractivity contribution < 1.29 is 18.9 Å². The lowest BCUT2D eigenvalue weighted by Gasteiger charge is -2.37. The minimum absolute atomic E-state index is 0.173. The third kappa shape index (κ3) is 18.8. The molecular weight excluding hydrogens is 390 g/mol. The van der Waals surface area contributed by atoms with Crippen molar-refractivity contribution in [2.45, 2.75) is 136 Å². The summed E-state index contributed by atoms with van der Waals surface area (Å²) < 4.78 is 1.04. The lowest BCUT2D eigenvalue weighted by Crippen LogP contribution is -2.49. The summed E-state index contributed by atoms with van der Waals surface area (Å²) >= 11 is 0. The second kappa shape index (κ2) is 19.7. The predicted molar refractivity (Wildman–Crippen MR) is 132 cm³/mol. The Hall–Kier alpha value is 0.0569. The Morgan fingerprint density at radius 2 is 0.800 bits per heavy atom. The van der Waals surface area contributed by atoms with Gasteiger partial charge >= 0.3 is 8.80 Å². The third-order valence-electron chi connectivity index (χ3n) is 6.97. The highest BCUT2D eigenvalue weighted by atomic mass is 28.4. The van der Waals surface area contributed by atoms with Crippen LogP contribution in [0.5, 0.6) is 0 Å². The van der Waals surface area contributed by atoms with Crippen LogP contribution in [0.4, 0.5) is 0 Å². The number of hydrogen-bond acceptors (Lipinski definition) is 3. The lowest BCUT2D eigenvalue weighted by atomic mass is 10.0. The molecule has 182 valence electrons. The minimum Gasteiger partial charge on any atom is -0.390 e. The molecule has 0 heterocycles. The molecule has 0 aliphatic carbocycles. The third-order valence-corrected chi connectivity index (χ3v) is 8.00. The van der Waals surface area contributed by atoms with Crippen LogP contribution >= 0.6 is 0 Å². The van der Waals surface area contributed by atoms with E-state index in [9.17, 15) is 14.4 Å². The molecule has 0 fully saturated rings. The van der Waals surface area contributed by atoms with Gasteiger partial charge in [-0.15, -0.1) is 0 Å². The Balaban J connectivity index is 3.53. The second-order valence-corrected chi connectivity index (χ2v) is 11.7. The van der Waals surface area contributed by atoms with Crippen molar-refractivity contribution in [2.75, 3.05) is 26.2 Å². The molecular formula is C25H56NO3Si+. The van der Waals surface area contributed by atoms with Crippen LogP contribution in [0.15, 0.2) is 0 Å². The molecule has 0 aliphatic rings. The highest BCUT2D eigenvalue weighted by molar-refractivity contribution is 6.56. The van der Waals surface area contributed by atoms with E-state index < -0.39 is 8.80 Å². The molecule has 0 unspecified atom stereocenters. The van der Waals surface area contributed by atoms with Crippen LogP contribution in [0.1, 0.15) is 130 Å². The fraction of sp³-hybridized carbons (Fsp3) is 1.00. The van der Waals surface area contributed by atoms with Crippen molar-refractivity contribution >= 4 is 8.80 Å². The minimum atomic E-state index is -3.87.